The van der Waals surface area contributed by atoms with Gasteiger partial charge in [0.2, 0.25) is 0 Å². The summed E-state index contributed by atoms with van der Waals surface area (Å²) in [7, 11) is 1.96. The maximum Gasteiger partial charge on any atom is 0.135 e. The van der Waals surface area contributed by atoms with Gasteiger partial charge in [0.25, 0.3) is 0 Å². The summed E-state index contributed by atoms with van der Waals surface area (Å²) < 4.78 is 5.68. The van der Waals surface area contributed by atoms with Crippen LogP contribution < -0.4 is 5.32 Å². The van der Waals surface area contributed by atoms with Crippen LogP contribution in [0, 0.1) is 53.3 Å². The molecule has 3 heteroatoms. The van der Waals surface area contributed by atoms with Gasteiger partial charge in [0.15, 0.2) is 0 Å². The predicted octanol–water partition coefficient (Wildman–Crippen LogP) is 9.55. The molecule has 0 bridgehead atoms. The zero-order chi connectivity index (χ0) is 29.1. The lowest BCUT2D eigenvalue weighted by molar-refractivity contribution is -0.122. The number of hydrogen-bond acceptors (Lipinski definition) is 3. The molecule has 0 aromatic heterocycles. The summed E-state index contributed by atoms with van der Waals surface area (Å²) in [5.74, 6) is 9.50. The Labute approximate surface area is 248 Å². The molecule has 1 heterocycles. The van der Waals surface area contributed by atoms with Gasteiger partial charge in [-0.3, -0.25) is 4.79 Å². The highest BCUT2D eigenvalue weighted by molar-refractivity contribution is 5.80. The van der Waals surface area contributed by atoms with E-state index in [0.717, 1.165) is 85.5 Å². The van der Waals surface area contributed by atoms with Crippen molar-refractivity contribution < 1.29 is 9.53 Å². The molecule has 4 fully saturated rings. The standard InChI is InChI=1S/C23H34O.C10H21NO.C4H8/c1-14-11-22-18-6-4-3-5-16(18)7-8-20(22)21-10-9-19(23(14)21)17-12-15(2)24-13-17;1-9(2)10(12)7-5-4-6-8-11-3;1-3-4-2/h12,14,16,18-23H,2-11,13H2,1H3;9,11H,4-8H2,1-3H3;3H,1,4H2,2H3/t14-,16?,18?,19+,20?,21?,22?,23?;;/m0../s1. The SMILES string of the molecule is C=C1C=C([C@H]2CCC3C4CCC5CCCCC5C4C[C@H](C)C32)CO1.C=CCC.CNCCCCCC(=O)C(C)C. The van der Waals surface area contributed by atoms with Crippen LogP contribution in [-0.4, -0.2) is 26.0 Å². The first-order chi connectivity index (χ1) is 19.3. The number of ketones is 1. The molecule has 8 atom stereocenters. The van der Waals surface area contributed by atoms with Crippen molar-refractivity contribution in [1.29, 1.82) is 0 Å². The Morgan fingerprint density at radius 1 is 1.02 bits per heavy atom. The Hall–Kier alpha value is -1.35. The summed E-state index contributed by atoms with van der Waals surface area (Å²) in [6, 6.07) is 0. The molecule has 6 unspecified atom stereocenters. The van der Waals surface area contributed by atoms with Crippen molar-refractivity contribution in [3.05, 3.63) is 36.6 Å². The highest BCUT2D eigenvalue weighted by Gasteiger charge is 2.54. The van der Waals surface area contributed by atoms with Crippen molar-refractivity contribution >= 4 is 5.78 Å². The van der Waals surface area contributed by atoms with Crippen molar-refractivity contribution in [2.75, 3.05) is 20.2 Å². The van der Waals surface area contributed by atoms with Gasteiger partial charge in [-0.15, -0.1) is 6.58 Å². The topological polar surface area (TPSA) is 38.3 Å². The van der Waals surface area contributed by atoms with Crippen LogP contribution in [0.25, 0.3) is 0 Å². The van der Waals surface area contributed by atoms with Crippen LogP contribution in [0.15, 0.2) is 36.6 Å². The molecule has 40 heavy (non-hydrogen) atoms. The van der Waals surface area contributed by atoms with Gasteiger partial charge in [0.05, 0.1) is 0 Å². The van der Waals surface area contributed by atoms with Gasteiger partial charge in [-0.25, -0.2) is 0 Å². The van der Waals surface area contributed by atoms with Crippen LogP contribution in [0.5, 0.6) is 0 Å². The lowest BCUT2D eigenvalue weighted by atomic mass is 9.51. The van der Waals surface area contributed by atoms with Gasteiger partial charge in [-0.2, -0.15) is 0 Å². The second-order valence-corrected chi connectivity index (χ2v) is 14.0. The van der Waals surface area contributed by atoms with Crippen LogP contribution in [0.2, 0.25) is 0 Å². The van der Waals surface area contributed by atoms with Gasteiger partial charge in [0, 0.05) is 12.3 Å². The molecule has 0 amide bonds. The summed E-state index contributed by atoms with van der Waals surface area (Å²) in [4.78, 5) is 11.2. The minimum Gasteiger partial charge on any atom is -0.490 e. The Balaban J connectivity index is 0.000000234. The zero-order valence-corrected chi connectivity index (χ0v) is 26.9. The second-order valence-electron chi connectivity index (χ2n) is 14.0. The number of allylic oxidation sites excluding steroid dienone is 2. The van der Waals surface area contributed by atoms with Gasteiger partial charge in [-0.1, -0.05) is 66.0 Å². The quantitative estimate of drug-likeness (QED) is 0.228. The maximum atomic E-state index is 11.2. The van der Waals surface area contributed by atoms with Crippen LogP contribution >= 0.6 is 0 Å². The lowest BCUT2D eigenvalue weighted by Crippen LogP contribution is -2.47. The number of carbonyl (C=O) groups excluding carboxylic acids is 1. The average Bonchev–Trinajstić information content (AvgIpc) is 3.60. The first-order valence-corrected chi connectivity index (χ1v) is 17.1. The lowest BCUT2D eigenvalue weighted by Gasteiger charge is -2.54. The first-order valence-electron chi connectivity index (χ1n) is 17.1. The minimum atomic E-state index is 0.217. The Morgan fingerprint density at radius 3 is 2.40 bits per heavy atom. The summed E-state index contributed by atoms with van der Waals surface area (Å²) in [5, 5.41) is 3.09. The third kappa shape index (κ3) is 8.83. The molecule has 1 N–H and O–H groups in total. The fraction of sp³-hybridized carbons (Fsp3) is 0.811. The largest absolute Gasteiger partial charge is 0.490 e. The summed E-state index contributed by atoms with van der Waals surface area (Å²) in [6.07, 6.45) is 23.1. The summed E-state index contributed by atoms with van der Waals surface area (Å²) in [5.41, 5.74) is 1.57. The van der Waals surface area contributed by atoms with Gasteiger partial charge < -0.3 is 10.1 Å². The molecular weight excluding hydrogens is 490 g/mol. The van der Waals surface area contributed by atoms with Gasteiger partial charge in [-0.05, 0) is 130 Å². The van der Waals surface area contributed by atoms with Crippen molar-refractivity contribution in [2.45, 2.75) is 118 Å². The molecule has 4 saturated carbocycles. The summed E-state index contributed by atoms with van der Waals surface area (Å²) in [6.45, 7) is 18.0. The Bertz CT molecular complexity index is 828. The smallest absolute Gasteiger partial charge is 0.135 e. The van der Waals surface area contributed by atoms with Crippen molar-refractivity contribution in [2.24, 2.45) is 53.3 Å². The van der Waals surface area contributed by atoms with Crippen LogP contribution in [0.1, 0.15) is 118 Å². The summed E-state index contributed by atoms with van der Waals surface area (Å²) >= 11 is 0. The highest BCUT2D eigenvalue weighted by atomic mass is 16.5. The van der Waals surface area contributed by atoms with Gasteiger partial charge in [0.1, 0.15) is 18.1 Å². The van der Waals surface area contributed by atoms with E-state index in [9.17, 15) is 4.79 Å². The van der Waals surface area contributed by atoms with E-state index in [-0.39, 0.29) is 5.92 Å². The van der Waals surface area contributed by atoms with Crippen molar-refractivity contribution in [3.8, 4) is 0 Å². The number of carbonyl (C=O) groups is 1. The number of unbranched alkanes of at least 4 members (excludes halogenated alkanes) is 2. The molecule has 0 aromatic carbocycles. The van der Waals surface area contributed by atoms with E-state index < -0.39 is 0 Å². The van der Waals surface area contributed by atoms with E-state index in [1.54, 1.807) is 31.3 Å². The number of fused-ring (bicyclic) bond motifs is 5. The predicted molar refractivity (Wildman–Crippen MR) is 171 cm³/mol. The first kappa shape index (κ1) is 33.2. The molecule has 5 aliphatic rings. The number of Topliss-reactive ketones (excluding diaryl/α,β-unsaturated/α-hetero) is 1. The van der Waals surface area contributed by atoms with E-state index in [4.69, 9.17) is 4.74 Å². The molecule has 1 aliphatic heterocycles. The van der Waals surface area contributed by atoms with E-state index in [1.165, 1.54) is 44.9 Å². The number of rotatable bonds is 9. The van der Waals surface area contributed by atoms with E-state index in [2.05, 4.69) is 38.4 Å². The van der Waals surface area contributed by atoms with Crippen LogP contribution in [0.4, 0.5) is 0 Å². The number of hydrogen-bond donors (Lipinski definition) is 1. The zero-order valence-electron chi connectivity index (χ0n) is 26.9. The molecule has 0 spiro atoms. The molecule has 228 valence electrons. The monoisotopic (exact) mass is 553 g/mol. The average molecular weight is 554 g/mol. The fourth-order valence-electron chi connectivity index (χ4n) is 9.12. The maximum absolute atomic E-state index is 11.2. The number of ether oxygens (including phenoxy) is 1. The molecular formula is C37H63NO2. The molecule has 5 rings (SSSR count). The Kier molecular flexibility index (Phi) is 14.0. The van der Waals surface area contributed by atoms with Crippen molar-refractivity contribution in [3.63, 3.8) is 0 Å². The Morgan fingerprint density at radius 2 is 1.75 bits per heavy atom. The molecule has 4 aliphatic carbocycles. The van der Waals surface area contributed by atoms with Crippen molar-refractivity contribution in [1.82, 2.24) is 5.32 Å². The van der Waals surface area contributed by atoms with Gasteiger partial charge >= 0.3 is 0 Å². The molecule has 0 saturated heterocycles. The van der Waals surface area contributed by atoms with E-state index in [1.807, 2.05) is 27.0 Å². The third-order valence-corrected chi connectivity index (χ3v) is 11.1. The number of nitrogens with one attached hydrogen (secondary N) is 1. The molecule has 0 aromatic rings. The fourth-order valence-corrected chi connectivity index (χ4v) is 9.12. The van der Waals surface area contributed by atoms with E-state index in [0.29, 0.717) is 5.78 Å². The van der Waals surface area contributed by atoms with Crippen LogP contribution in [-0.2, 0) is 9.53 Å². The second kappa shape index (κ2) is 16.9. The minimum absolute atomic E-state index is 0.217. The normalized spacial score (nSPS) is 34.1. The highest BCUT2D eigenvalue weighted by Crippen LogP contribution is 2.61. The van der Waals surface area contributed by atoms with Crippen LogP contribution in [0.3, 0.4) is 0 Å². The molecule has 0 radical (unpaired) electrons. The van der Waals surface area contributed by atoms with E-state index >= 15 is 0 Å². The molecule has 3 nitrogen and oxygen atoms in total. The third-order valence-electron chi connectivity index (χ3n) is 11.1.